The van der Waals surface area contributed by atoms with Crippen LogP contribution in [0.1, 0.15) is 33.4 Å². The van der Waals surface area contributed by atoms with Gasteiger partial charge in [-0.05, 0) is 82.0 Å². The molecule has 127 valence electrons. The SMILES string of the molecule is Cc1cc(C)c(N(c2cc[c]cc2)c2c(C)cc(C)cc2C)c(C)c1. The van der Waals surface area contributed by atoms with Crippen molar-refractivity contribution in [3.63, 3.8) is 0 Å². The topological polar surface area (TPSA) is 3.24 Å². The third kappa shape index (κ3) is 3.32. The predicted molar refractivity (Wildman–Crippen MR) is 108 cm³/mol. The quantitative estimate of drug-likeness (QED) is 0.510. The van der Waals surface area contributed by atoms with Crippen molar-refractivity contribution in [2.45, 2.75) is 41.5 Å². The summed E-state index contributed by atoms with van der Waals surface area (Å²) in [6, 6.07) is 20.5. The van der Waals surface area contributed by atoms with E-state index in [-0.39, 0.29) is 0 Å². The maximum absolute atomic E-state index is 3.14. The van der Waals surface area contributed by atoms with E-state index < -0.39 is 0 Å². The lowest BCUT2D eigenvalue weighted by atomic mass is 9.99. The Hall–Kier alpha value is -2.54. The molecule has 1 radical (unpaired) electrons. The molecule has 0 saturated carbocycles. The average molecular weight is 328 g/mol. The van der Waals surface area contributed by atoms with Crippen LogP contribution in [0.3, 0.4) is 0 Å². The molecule has 1 heteroatoms. The van der Waals surface area contributed by atoms with E-state index in [1.54, 1.807) is 0 Å². The van der Waals surface area contributed by atoms with Crippen LogP contribution >= 0.6 is 0 Å². The standard InChI is InChI=1S/C24H26N/c1-16-12-18(3)23(19(4)13-16)25(22-10-8-7-9-11-22)24-20(5)14-17(2)15-21(24)6/h8-15H,1-6H3. The van der Waals surface area contributed by atoms with Crippen LogP contribution in [0.4, 0.5) is 17.1 Å². The second-order valence-electron chi connectivity index (χ2n) is 7.09. The van der Waals surface area contributed by atoms with Crippen molar-refractivity contribution >= 4 is 17.1 Å². The zero-order chi connectivity index (χ0) is 18.1. The molecule has 3 aromatic carbocycles. The number of hydrogen-bond donors (Lipinski definition) is 0. The Bertz CT molecular complexity index is 803. The fourth-order valence-electron chi connectivity index (χ4n) is 3.95. The van der Waals surface area contributed by atoms with Crippen LogP contribution in [-0.4, -0.2) is 0 Å². The molecule has 0 bridgehead atoms. The van der Waals surface area contributed by atoms with E-state index in [0.717, 1.165) is 0 Å². The molecular formula is C24H26N. The lowest BCUT2D eigenvalue weighted by molar-refractivity contribution is 1.16. The maximum Gasteiger partial charge on any atom is 0.0520 e. The van der Waals surface area contributed by atoms with Gasteiger partial charge >= 0.3 is 0 Å². The Kier molecular flexibility index (Phi) is 4.67. The van der Waals surface area contributed by atoms with E-state index in [4.69, 9.17) is 0 Å². The van der Waals surface area contributed by atoms with Crippen molar-refractivity contribution in [1.82, 2.24) is 0 Å². The fraction of sp³-hybridized carbons (Fsp3) is 0.250. The first-order valence-corrected chi connectivity index (χ1v) is 8.80. The smallest absolute Gasteiger partial charge is 0.0520 e. The summed E-state index contributed by atoms with van der Waals surface area (Å²) < 4.78 is 0. The Balaban J connectivity index is 2.34. The highest BCUT2D eigenvalue weighted by Gasteiger charge is 2.20. The summed E-state index contributed by atoms with van der Waals surface area (Å²) in [4.78, 5) is 2.40. The van der Waals surface area contributed by atoms with Gasteiger partial charge in [0.15, 0.2) is 0 Å². The van der Waals surface area contributed by atoms with E-state index in [0.29, 0.717) is 0 Å². The molecule has 0 aromatic heterocycles. The van der Waals surface area contributed by atoms with Gasteiger partial charge in [0, 0.05) is 5.69 Å². The van der Waals surface area contributed by atoms with E-state index in [1.165, 1.54) is 50.4 Å². The summed E-state index contributed by atoms with van der Waals surface area (Å²) in [6.07, 6.45) is 0. The monoisotopic (exact) mass is 328 g/mol. The van der Waals surface area contributed by atoms with Gasteiger partial charge in [-0.15, -0.1) is 0 Å². The van der Waals surface area contributed by atoms with Gasteiger partial charge in [-0.3, -0.25) is 0 Å². The zero-order valence-corrected chi connectivity index (χ0v) is 16.1. The Morgan fingerprint density at radius 3 is 1.32 bits per heavy atom. The molecule has 3 rings (SSSR count). The Labute approximate surface area is 151 Å². The van der Waals surface area contributed by atoms with Gasteiger partial charge in [-0.2, -0.15) is 0 Å². The van der Waals surface area contributed by atoms with Crippen molar-refractivity contribution in [3.8, 4) is 0 Å². The highest BCUT2D eigenvalue weighted by atomic mass is 15.2. The number of rotatable bonds is 3. The summed E-state index contributed by atoms with van der Waals surface area (Å²) in [5.74, 6) is 0. The van der Waals surface area contributed by atoms with Crippen molar-refractivity contribution in [2.24, 2.45) is 0 Å². The van der Waals surface area contributed by atoms with Gasteiger partial charge in [-0.1, -0.05) is 47.5 Å². The van der Waals surface area contributed by atoms with Crippen molar-refractivity contribution in [3.05, 3.63) is 88.0 Å². The molecule has 25 heavy (non-hydrogen) atoms. The second kappa shape index (κ2) is 6.76. The van der Waals surface area contributed by atoms with Gasteiger partial charge in [0.1, 0.15) is 0 Å². The lowest BCUT2D eigenvalue weighted by Crippen LogP contribution is -2.15. The van der Waals surface area contributed by atoms with E-state index in [1.807, 2.05) is 12.1 Å². The van der Waals surface area contributed by atoms with Crippen LogP contribution in [0.15, 0.2) is 48.5 Å². The van der Waals surface area contributed by atoms with Crippen LogP contribution < -0.4 is 4.90 Å². The molecule has 0 fully saturated rings. The first-order chi connectivity index (χ1) is 11.9. The van der Waals surface area contributed by atoms with Crippen LogP contribution in [0, 0.1) is 47.6 Å². The minimum atomic E-state index is 1.17. The van der Waals surface area contributed by atoms with Gasteiger partial charge < -0.3 is 4.90 Å². The fourth-order valence-corrected chi connectivity index (χ4v) is 3.95. The minimum Gasteiger partial charge on any atom is -0.309 e. The molecule has 0 aliphatic rings. The number of aryl methyl sites for hydroxylation is 6. The molecule has 0 spiro atoms. The number of benzene rings is 3. The largest absolute Gasteiger partial charge is 0.309 e. The normalized spacial score (nSPS) is 10.8. The second-order valence-corrected chi connectivity index (χ2v) is 7.09. The van der Waals surface area contributed by atoms with Gasteiger partial charge in [0.2, 0.25) is 0 Å². The zero-order valence-electron chi connectivity index (χ0n) is 16.1. The van der Waals surface area contributed by atoms with Gasteiger partial charge in [0.05, 0.1) is 11.4 Å². The summed E-state index contributed by atoms with van der Waals surface area (Å²) >= 11 is 0. The summed E-state index contributed by atoms with van der Waals surface area (Å²) in [5.41, 5.74) is 11.5. The first kappa shape index (κ1) is 17.3. The summed E-state index contributed by atoms with van der Waals surface area (Å²) in [6.45, 7) is 13.1. The summed E-state index contributed by atoms with van der Waals surface area (Å²) in [5, 5.41) is 0. The Morgan fingerprint density at radius 1 is 0.600 bits per heavy atom. The van der Waals surface area contributed by atoms with E-state index in [2.05, 4.69) is 88.9 Å². The van der Waals surface area contributed by atoms with Gasteiger partial charge in [0.25, 0.3) is 0 Å². The van der Waals surface area contributed by atoms with Crippen molar-refractivity contribution < 1.29 is 0 Å². The Morgan fingerprint density at radius 2 is 0.960 bits per heavy atom. The molecular weight excluding hydrogens is 302 g/mol. The van der Waals surface area contributed by atoms with E-state index >= 15 is 0 Å². The molecule has 1 nitrogen and oxygen atoms in total. The third-order valence-corrected chi connectivity index (χ3v) is 4.68. The van der Waals surface area contributed by atoms with Crippen molar-refractivity contribution in [2.75, 3.05) is 4.90 Å². The molecule has 0 saturated heterocycles. The minimum absolute atomic E-state index is 1.17. The van der Waals surface area contributed by atoms with Crippen LogP contribution in [0.5, 0.6) is 0 Å². The molecule has 0 amide bonds. The third-order valence-electron chi connectivity index (χ3n) is 4.68. The van der Waals surface area contributed by atoms with Crippen LogP contribution in [0.25, 0.3) is 0 Å². The highest BCUT2D eigenvalue weighted by Crippen LogP contribution is 2.42. The molecule has 0 heterocycles. The highest BCUT2D eigenvalue weighted by molar-refractivity contribution is 5.83. The number of anilines is 3. The lowest BCUT2D eigenvalue weighted by Gasteiger charge is -2.31. The van der Waals surface area contributed by atoms with Gasteiger partial charge in [-0.25, -0.2) is 0 Å². The average Bonchev–Trinajstić information content (AvgIpc) is 2.52. The number of nitrogens with zero attached hydrogens (tertiary/aromatic N) is 1. The molecule has 0 atom stereocenters. The molecule has 0 N–H and O–H groups in total. The molecule has 0 unspecified atom stereocenters. The van der Waals surface area contributed by atoms with Crippen LogP contribution in [0.2, 0.25) is 0 Å². The van der Waals surface area contributed by atoms with E-state index in [9.17, 15) is 0 Å². The molecule has 0 aliphatic heterocycles. The molecule has 0 aliphatic carbocycles. The van der Waals surface area contributed by atoms with Crippen molar-refractivity contribution in [1.29, 1.82) is 0 Å². The number of hydrogen-bond acceptors (Lipinski definition) is 1. The predicted octanol–water partition coefficient (Wildman–Crippen LogP) is 6.81. The maximum atomic E-state index is 3.14. The first-order valence-electron chi connectivity index (χ1n) is 8.80. The van der Waals surface area contributed by atoms with Crippen LogP contribution in [-0.2, 0) is 0 Å². The molecule has 3 aromatic rings. The summed E-state index contributed by atoms with van der Waals surface area (Å²) in [7, 11) is 0.